The summed E-state index contributed by atoms with van der Waals surface area (Å²) in [6, 6.07) is 0.0481. The Morgan fingerprint density at radius 3 is 3.00 bits per heavy atom. The van der Waals surface area contributed by atoms with Gasteiger partial charge >= 0.3 is 0 Å². The Labute approximate surface area is 86.0 Å². The highest BCUT2D eigenvalue weighted by Gasteiger charge is 2.17. The fraction of sp³-hybridized carbons (Fsp3) is 0.909. The Bertz CT molecular complexity index is 176. The number of carbonyl (C=O) groups is 1. The molecule has 1 rings (SSSR count). The lowest BCUT2D eigenvalue weighted by molar-refractivity contribution is -0.120. The molecular formula is C11H21NO2. The molecule has 0 amide bonds. The molecule has 0 aromatic carbocycles. The van der Waals surface area contributed by atoms with E-state index in [-0.39, 0.29) is 11.8 Å². The molecule has 0 spiro atoms. The smallest absolute Gasteiger partial charge is 0.134 e. The highest BCUT2D eigenvalue weighted by molar-refractivity contribution is 5.78. The SMILES string of the molecule is CCC(N)CC(=O)CCC1CCCO1. The molecule has 3 heteroatoms. The molecule has 0 aromatic rings. The van der Waals surface area contributed by atoms with Crippen LogP contribution in [0.5, 0.6) is 0 Å². The predicted octanol–water partition coefficient (Wildman–Crippen LogP) is 1.64. The maximum atomic E-state index is 11.4. The van der Waals surface area contributed by atoms with Gasteiger partial charge in [0, 0.05) is 25.5 Å². The van der Waals surface area contributed by atoms with E-state index in [2.05, 4.69) is 0 Å². The van der Waals surface area contributed by atoms with Gasteiger partial charge in [-0.1, -0.05) is 6.92 Å². The summed E-state index contributed by atoms with van der Waals surface area (Å²) in [7, 11) is 0. The van der Waals surface area contributed by atoms with Gasteiger partial charge in [-0.2, -0.15) is 0 Å². The Kier molecular flexibility index (Phi) is 5.12. The Morgan fingerprint density at radius 1 is 1.64 bits per heavy atom. The number of ketones is 1. The van der Waals surface area contributed by atoms with Gasteiger partial charge < -0.3 is 10.5 Å². The number of nitrogens with two attached hydrogens (primary N) is 1. The van der Waals surface area contributed by atoms with Gasteiger partial charge in [0.1, 0.15) is 5.78 Å². The van der Waals surface area contributed by atoms with Gasteiger partial charge in [-0.25, -0.2) is 0 Å². The molecule has 1 fully saturated rings. The van der Waals surface area contributed by atoms with Crippen molar-refractivity contribution in [3.8, 4) is 0 Å². The molecule has 0 aromatic heterocycles. The zero-order valence-electron chi connectivity index (χ0n) is 9.00. The molecule has 1 aliphatic rings. The monoisotopic (exact) mass is 199 g/mol. The number of ether oxygens (including phenoxy) is 1. The number of carbonyl (C=O) groups excluding carboxylic acids is 1. The third kappa shape index (κ3) is 4.20. The summed E-state index contributed by atoms with van der Waals surface area (Å²) in [6.07, 6.45) is 5.53. The van der Waals surface area contributed by atoms with Crippen LogP contribution in [0, 0.1) is 0 Å². The lowest BCUT2D eigenvalue weighted by Crippen LogP contribution is -2.23. The molecule has 0 aliphatic carbocycles. The zero-order valence-corrected chi connectivity index (χ0v) is 9.00. The highest BCUT2D eigenvalue weighted by atomic mass is 16.5. The maximum Gasteiger partial charge on any atom is 0.134 e. The standard InChI is InChI=1S/C11H21NO2/c1-2-9(12)8-10(13)5-6-11-4-3-7-14-11/h9,11H,2-8,12H2,1H3. The maximum absolute atomic E-state index is 11.4. The average Bonchev–Trinajstić information content (AvgIpc) is 2.67. The average molecular weight is 199 g/mol. The zero-order chi connectivity index (χ0) is 10.4. The molecule has 2 atom stereocenters. The number of hydrogen-bond donors (Lipinski definition) is 1. The van der Waals surface area contributed by atoms with Crippen molar-refractivity contribution < 1.29 is 9.53 Å². The van der Waals surface area contributed by atoms with Gasteiger partial charge in [0.05, 0.1) is 6.10 Å². The lowest BCUT2D eigenvalue weighted by atomic mass is 10.0. The molecule has 1 heterocycles. The Morgan fingerprint density at radius 2 is 2.43 bits per heavy atom. The van der Waals surface area contributed by atoms with Crippen molar-refractivity contribution in [1.82, 2.24) is 0 Å². The largest absolute Gasteiger partial charge is 0.378 e. The molecule has 1 aliphatic heterocycles. The fourth-order valence-electron chi connectivity index (χ4n) is 1.73. The topological polar surface area (TPSA) is 52.3 Å². The van der Waals surface area contributed by atoms with Crippen LogP contribution < -0.4 is 5.73 Å². The first-order valence-electron chi connectivity index (χ1n) is 5.61. The quantitative estimate of drug-likeness (QED) is 0.707. The van der Waals surface area contributed by atoms with Crippen LogP contribution in [-0.2, 0) is 9.53 Å². The van der Waals surface area contributed by atoms with Crippen LogP contribution in [0.15, 0.2) is 0 Å². The third-order valence-corrected chi connectivity index (χ3v) is 2.78. The predicted molar refractivity (Wildman–Crippen MR) is 56.1 cm³/mol. The van der Waals surface area contributed by atoms with E-state index in [1.54, 1.807) is 0 Å². The molecular weight excluding hydrogens is 178 g/mol. The van der Waals surface area contributed by atoms with Crippen LogP contribution in [0.25, 0.3) is 0 Å². The van der Waals surface area contributed by atoms with Gasteiger partial charge in [0.15, 0.2) is 0 Å². The van der Waals surface area contributed by atoms with Crippen molar-refractivity contribution in [1.29, 1.82) is 0 Å². The summed E-state index contributed by atoms with van der Waals surface area (Å²) in [5.74, 6) is 0.287. The van der Waals surface area contributed by atoms with E-state index in [4.69, 9.17) is 10.5 Å². The van der Waals surface area contributed by atoms with Crippen LogP contribution >= 0.6 is 0 Å². The number of rotatable bonds is 6. The van der Waals surface area contributed by atoms with E-state index < -0.39 is 0 Å². The number of hydrogen-bond acceptors (Lipinski definition) is 3. The van der Waals surface area contributed by atoms with Gasteiger partial charge in [-0.15, -0.1) is 0 Å². The van der Waals surface area contributed by atoms with E-state index >= 15 is 0 Å². The summed E-state index contributed by atoms with van der Waals surface area (Å²) in [5, 5.41) is 0. The number of Topliss-reactive ketones (excluding diaryl/α,β-unsaturated/α-hetero) is 1. The van der Waals surface area contributed by atoms with Crippen LogP contribution in [0.1, 0.15) is 45.4 Å². The van der Waals surface area contributed by atoms with Crippen molar-refractivity contribution in [3.05, 3.63) is 0 Å². The van der Waals surface area contributed by atoms with Crippen LogP contribution in [0.3, 0.4) is 0 Å². The second-order valence-corrected chi connectivity index (χ2v) is 4.08. The molecule has 3 nitrogen and oxygen atoms in total. The molecule has 0 bridgehead atoms. The van der Waals surface area contributed by atoms with Gasteiger partial charge in [0.25, 0.3) is 0 Å². The summed E-state index contributed by atoms with van der Waals surface area (Å²) in [6.45, 7) is 2.88. The minimum atomic E-state index is 0.0481. The summed E-state index contributed by atoms with van der Waals surface area (Å²) in [5.41, 5.74) is 5.71. The van der Waals surface area contributed by atoms with Crippen molar-refractivity contribution in [2.75, 3.05) is 6.61 Å². The van der Waals surface area contributed by atoms with E-state index in [1.807, 2.05) is 6.92 Å². The van der Waals surface area contributed by atoms with Crippen molar-refractivity contribution in [3.63, 3.8) is 0 Å². The Balaban J connectivity index is 2.08. The first-order valence-corrected chi connectivity index (χ1v) is 5.61. The van der Waals surface area contributed by atoms with Crippen molar-refractivity contribution in [2.45, 2.75) is 57.6 Å². The lowest BCUT2D eigenvalue weighted by Gasteiger charge is -2.10. The van der Waals surface area contributed by atoms with E-state index in [0.29, 0.717) is 18.9 Å². The normalized spacial score (nSPS) is 23.7. The van der Waals surface area contributed by atoms with Crippen molar-refractivity contribution in [2.24, 2.45) is 5.73 Å². The van der Waals surface area contributed by atoms with Gasteiger partial charge in [0.2, 0.25) is 0 Å². The minimum absolute atomic E-state index is 0.0481. The molecule has 0 saturated carbocycles. The third-order valence-electron chi connectivity index (χ3n) is 2.78. The highest BCUT2D eigenvalue weighted by Crippen LogP contribution is 2.17. The minimum Gasteiger partial charge on any atom is -0.378 e. The van der Waals surface area contributed by atoms with Gasteiger partial charge in [-0.05, 0) is 25.7 Å². The summed E-state index contributed by atoms with van der Waals surface area (Å²) < 4.78 is 5.45. The second-order valence-electron chi connectivity index (χ2n) is 4.08. The van der Waals surface area contributed by atoms with Crippen LogP contribution in [-0.4, -0.2) is 24.5 Å². The summed E-state index contributed by atoms with van der Waals surface area (Å²) in [4.78, 5) is 11.4. The van der Waals surface area contributed by atoms with Gasteiger partial charge in [-0.3, -0.25) is 4.79 Å². The molecule has 82 valence electrons. The van der Waals surface area contributed by atoms with Crippen LogP contribution in [0.4, 0.5) is 0 Å². The molecule has 14 heavy (non-hydrogen) atoms. The van der Waals surface area contributed by atoms with Crippen molar-refractivity contribution >= 4 is 5.78 Å². The molecule has 1 saturated heterocycles. The fourth-order valence-corrected chi connectivity index (χ4v) is 1.73. The van der Waals surface area contributed by atoms with Crippen LogP contribution in [0.2, 0.25) is 0 Å². The first-order chi connectivity index (χ1) is 6.72. The van der Waals surface area contributed by atoms with E-state index in [9.17, 15) is 4.79 Å². The molecule has 2 unspecified atom stereocenters. The molecule has 0 radical (unpaired) electrons. The molecule has 2 N–H and O–H groups in total. The first kappa shape index (κ1) is 11.7. The Hall–Kier alpha value is -0.410. The van der Waals surface area contributed by atoms with E-state index in [1.165, 1.54) is 0 Å². The second kappa shape index (κ2) is 6.14. The summed E-state index contributed by atoms with van der Waals surface area (Å²) >= 11 is 0. The van der Waals surface area contributed by atoms with E-state index in [0.717, 1.165) is 32.3 Å².